The average Bonchev–Trinajstić information content (AvgIpc) is 3.14. The number of rotatable bonds is 5. The van der Waals surface area contributed by atoms with Gasteiger partial charge >= 0.3 is 0 Å². The molecule has 2 heterocycles. The van der Waals surface area contributed by atoms with Gasteiger partial charge in [0.05, 0.1) is 19.2 Å². The molecule has 0 atom stereocenters. The molecule has 2 aromatic rings. The molecule has 2 amide bonds. The largest absolute Gasteiger partial charge is 0.494 e. The van der Waals surface area contributed by atoms with Crippen molar-refractivity contribution in [2.45, 2.75) is 19.3 Å². The molecule has 4 rings (SSSR count). The third-order valence-corrected chi connectivity index (χ3v) is 5.63. The van der Waals surface area contributed by atoms with Crippen LogP contribution in [0.5, 0.6) is 17.2 Å². The molecule has 2 aromatic carbocycles. The van der Waals surface area contributed by atoms with E-state index in [4.69, 9.17) is 14.2 Å². The molecule has 0 saturated carbocycles. The average molecular weight is 461 g/mol. The van der Waals surface area contributed by atoms with Gasteiger partial charge in [0.1, 0.15) is 19.0 Å². The van der Waals surface area contributed by atoms with Gasteiger partial charge < -0.3 is 24.4 Å². The van der Waals surface area contributed by atoms with E-state index in [1.165, 1.54) is 0 Å². The van der Waals surface area contributed by atoms with Crippen LogP contribution < -0.4 is 24.4 Å². The van der Waals surface area contributed by atoms with E-state index in [1.807, 2.05) is 12.1 Å². The van der Waals surface area contributed by atoms with Gasteiger partial charge in [-0.3, -0.25) is 9.59 Å². The molecular formula is C21H21BrN2O5. The number of benzene rings is 2. The molecular weight excluding hydrogens is 440 g/mol. The maximum Gasteiger partial charge on any atom is 0.228 e. The van der Waals surface area contributed by atoms with Crippen molar-refractivity contribution in [2.75, 3.05) is 37.1 Å². The molecule has 152 valence electrons. The molecule has 0 aromatic heterocycles. The third-order valence-electron chi connectivity index (χ3n) is 4.89. The summed E-state index contributed by atoms with van der Waals surface area (Å²) in [6, 6.07) is 8.96. The number of halogens is 1. The van der Waals surface area contributed by atoms with Gasteiger partial charge in [0.15, 0.2) is 11.5 Å². The van der Waals surface area contributed by atoms with Crippen molar-refractivity contribution in [1.82, 2.24) is 0 Å². The van der Waals surface area contributed by atoms with Crippen LogP contribution in [-0.4, -0.2) is 38.7 Å². The van der Waals surface area contributed by atoms with E-state index in [0.29, 0.717) is 49.1 Å². The normalized spacial score (nSPS) is 15.4. The first-order valence-electron chi connectivity index (χ1n) is 9.41. The van der Waals surface area contributed by atoms with Crippen LogP contribution in [0.4, 0.5) is 11.4 Å². The van der Waals surface area contributed by atoms with Crippen molar-refractivity contribution >= 4 is 39.1 Å². The highest BCUT2D eigenvalue weighted by Gasteiger charge is 2.24. The lowest BCUT2D eigenvalue weighted by atomic mass is 10.1. The van der Waals surface area contributed by atoms with Crippen LogP contribution in [-0.2, 0) is 16.0 Å². The minimum absolute atomic E-state index is 0.0866. The van der Waals surface area contributed by atoms with Gasteiger partial charge in [0.25, 0.3) is 0 Å². The predicted octanol–water partition coefficient (Wildman–Crippen LogP) is 3.54. The first-order chi connectivity index (χ1) is 14.0. The standard InChI is InChI=1S/C21H21BrN2O5/c1-27-17-11-14(4-5-16(17)24-6-2-3-21(24)26)23-20(25)10-13-9-18-19(12-15(13)22)29-8-7-28-18/h4-5,9,11-12H,2-3,6-8,10H2,1H3,(H,23,25). The number of nitrogens with one attached hydrogen (secondary N) is 1. The Morgan fingerprint density at radius 3 is 2.66 bits per heavy atom. The highest BCUT2D eigenvalue weighted by molar-refractivity contribution is 9.10. The van der Waals surface area contributed by atoms with Crippen molar-refractivity contribution < 1.29 is 23.8 Å². The van der Waals surface area contributed by atoms with Crippen LogP contribution in [0.1, 0.15) is 18.4 Å². The summed E-state index contributed by atoms with van der Waals surface area (Å²) in [4.78, 5) is 26.3. The van der Waals surface area contributed by atoms with Gasteiger partial charge in [-0.1, -0.05) is 15.9 Å². The quantitative estimate of drug-likeness (QED) is 0.738. The van der Waals surface area contributed by atoms with Gasteiger partial charge in [-0.05, 0) is 36.2 Å². The molecule has 1 saturated heterocycles. The van der Waals surface area contributed by atoms with Crippen molar-refractivity contribution in [2.24, 2.45) is 0 Å². The second-order valence-electron chi connectivity index (χ2n) is 6.85. The first kappa shape index (κ1) is 19.6. The topological polar surface area (TPSA) is 77.1 Å². The third kappa shape index (κ3) is 4.17. The number of hydrogen-bond acceptors (Lipinski definition) is 5. The Hall–Kier alpha value is -2.74. The minimum Gasteiger partial charge on any atom is -0.494 e. The number of anilines is 2. The Kier molecular flexibility index (Phi) is 5.62. The Morgan fingerprint density at radius 2 is 1.97 bits per heavy atom. The molecule has 29 heavy (non-hydrogen) atoms. The number of fused-ring (bicyclic) bond motifs is 1. The molecule has 0 unspecified atom stereocenters. The van der Waals surface area contributed by atoms with E-state index in [9.17, 15) is 9.59 Å². The van der Waals surface area contributed by atoms with Gasteiger partial charge in [-0.25, -0.2) is 0 Å². The molecule has 1 fully saturated rings. The Morgan fingerprint density at radius 1 is 1.21 bits per heavy atom. The smallest absolute Gasteiger partial charge is 0.228 e. The number of amides is 2. The molecule has 2 aliphatic rings. The molecule has 0 radical (unpaired) electrons. The fourth-order valence-electron chi connectivity index (χ4n) is 3.50. The molecule has 7 nitrogen and oxygen atoms in total. The highest BCUT2D eigenvalue weighted by Crippen LogP contribution is 2.36. The van der Waals surface area contributed by atoms with Gasteiger partial charge in [0.2, 0.25) is 11.8 Å². The fraction of sp³-hybridized carbons (Fsp3) is 0.333. The monoisotopic (exact) mass is 460 g/mol. The van der Waals surface area contributed by atoms with Crippen LogP contribution in [0.25, 0.3) is 0 Å². The SMILES string of the molecule is COc1cc(NC(=O)Cc2cc3c(cc2Br)OCCO3)ccc1N1CCCC1=O. The van der Waals surface area contributed by atoms with E-state index in [-0.39, 0.29) is 18.2 Å². The minimum atomic E-state index is -0.172. The van der Waals surface area contributed by atoms with Gasteiger partial charge in [-0.15, -0.1) is 0 Å². The molecule has 1 N–H and O–H groups in total. The van der Waals surface area contributed by atoms with Crippen molar-refractivity contribution in [3.05, 3.63) is 40.4 Å². The molecule has 0 aliphatic carbocycles. The van der Waals surface area contributed by atoms with Crippen LogP contribution >= 0.6 is 15.9 Å². The summed E-state index contributed by atoms with van der Waals surface area (Å²) in [5.74, 6) is 1.78. The lowest BCUT2D eigenvalue weighted by Crippen LogP contribution is -2.24. The summed E-state index contributed by atoms with van der Waals surface area (Å²) in [6.07, 6.45) is 1.56. The van der Waals surface area contributed by atoms with Gasteiger partial charge in [-0.2, -0.15) is 0 Å². The van der Waals surface area contributed by atoms with E-state index in [0.717, 1.165) is 22.1 Å². The van der Waals surface area contributed by atoms with E-state index < -0.39 is 0 Å². The molecule has 0 spiro atoms. The fourth-order valence-corrected chi connectivity index (χ4v) is 3.96. The Bertz CT molecular complexity index is 962. The highest BCUT2D eigenvalue weighted by atomic mass is 79.9. The van der Waals surface area contributed by atoms with E-state index >= 15 is 0 Å². The zero-order valence-electron chi connectivity index (χ0n) is 16.0. The summed E-state index contributed by atoms with van der Waals surface area (Å²) in [7, 11) is 1.55. The number of ether oxygens (including phenoxy) is 3. The van der Waals surface area contributed by atoms with E-state index in [2.05, 4.69) is 21.2 Å². The zero-order valence-corrected chi connectivity index (χ0v) is 17.6. The Balaban J connectivity index is 1.48. The summed E-state index contributed by atoms with van der Waals surface area (Å²) in [5, 5.41) is 2.89. The molecule has 2 aliphatic heterocycles. The molecule has 0 bridgehead atoms. The van der Waals surface area contributed by atoms with Crippen LogP contribution in [0.15, 0.2) is 34.8 Å². The van der Waals surface area contributed by atoms with Crippen LogP contribution in [0.3, 0.4) is 0 Å². The first-order valence-corrected chi connectivity index (χ1v) is 10.2. The second-order valence-corrected chi connectivity index (χ2v) is 7.70. The van der Waals surface area contributed by atoms with Crippen molar-refractivity contribution in [3.8, 4) is 17.2 Å². The zero-order chi connectivity index (χ0) is 20.4. The number of nitrogens with zero attached hydrogens (tertiary/aromatic N) is 1. The van der Waals surface area contributed by atoms with Crippen molar-refractivity contribution in [1.29, 1.82) is 0 Å². The summed E-state index contributed by atoms with van der Waals surface area (Å²) >= 11 is 3.49. The summed E-state index contributed by atoms with van der Waals surface area (Å²) < 4.78 is 17.4. The summed E-state index contributed by atoms with van der Waals surface area (Å²) in [6.45, 7) is 1.69. The van der Waals surface area contributed by atoms with E-state index in [1.54, 1.807) is 30.2 Å². The maximum atomic E-state index is 12.6. The lowest BCUT2D eigenvalue weighted by molar-refractivity contribution is -0.117. The molecule has 8 heteroatoms. The maximum absolute atomic E-state index is 12.6. The number of carbonyl (C=O) groups is 2. The van der Waals surface area contributed by atoms with Crippen LogP contribution in [0.2, 0.25) is 0 Å². The van der Waals surface area contributed by atoms with Crippen LogP contribution in [0, 0.1) is 0 Å². The lowest BCUT2D eigenvalue weighted by Gasteiger charge is -2.20. The Labute approximate surface area is 177 Å². The number of hydrogen-bond donors (Lipinski definition) is 1. The van der Waals surface area contributed by atoms with Crippen molar-refractivity contribution in [3.63, 3.8) is 0 Å². The second kappa shape index (κ2) is 8.32. The summed E-state index contributed by atoms with van der Waals surface area (Å²) in [5.41, 5.74) is 2.14. The predicted molar refractivity (Wildman–Crippen MR) is 112 cm³/mol. The van der Waals surface area contributed by atoms with Gasteiger partial charge in [0, 0.05) is 29.2 Å². The number of methoxy groups -OCH3 is 1. The number of carbonyl (C=O) groups excluding carboxylic acids is 2.